The predicted octanol–water partition coefficient (Wildman–Crippen LogP) is 6.49. The molecule has 0 aliphatic rings. The Labute approximate surface area is 160 Å². The normalized spacial score (nSPS) is 10.9. The first kappa shape index (κ1) is 19.1. The third-order valence-electron chi connectivity index (χ3n) is 4.20. The van der Waals surface area contributed by atoms with Gasteiger partial charge in [-0.15, -0.1) is 5.73 Å². The summed E-state index contributed by atoms with van der Waals surface area (Å²) in [5.41, 5.74) is 7.03. The van der Waals surface area contributed by atoms with Crippen molar-refractivity contribution in [2.24, 2.45) is 0 Å². The fourth-order valence-electron chi connectivity index (χ4n) is 2.73. The highest BCUT2D eigenvalue weighted by Gasteiger charge is 2.29. The topological polar surface area (TPSA) is 35.5 Å². The molecule has 0 aliphatic heterocycles. The van der Waals surface area contributed by atoms with Crippen molar-refractivity contribution in [3.8, 4) is 11.1 Å². The van der Waals surface area contributed by atoms with Crippen LogP contribution in [0.25, 0.3) is 22.5 Å². The van der Waals surface area contributed by atoms with Crippen LogP contribution in [0.5, 0.6) is 0 Å². The summed E-state index contributed by atoms with van der Waals surface area (Å²) in [6.45, 7) is 0. The van der Waals surface area contributed by atoms with E-state index in [0.29, 0.717) is 5.31 Å². The summed E-state index contributed by atoms with van der Waals surface area (Å²) in [5, 5.41) is 0.399. The molecule has 136 valence electrons. The molecule has 3 rings (SSSR count). The van der Waals surface area contributed by atoms with E-state index < -0.39 is 7.60 Å². The molecule has 0 fully saturated rings. The fourth-order valence-corrected chi connectivity index (χ4v) is 3.93. The van der Waals surface area contributed by atoms with Crippen molar-refractivity contribution in [3.63, 3.8) is 0 Å². The van der Waals surface area contributed by atoms with Gasteiger partial charge in [-0.2, -0.15) is 0 Å². The molecule has 3 aromatic carbocycles. The Kier molecular flexibility index (Phi) is 6.24. The van der Waals surface area contributed by atoms with Gasteiger partial charge in [-0.3, -0.25) is 4.57 Å². The largest absolute Gasteiger partial charge is 0.369 e. The lowest BCUT2D eigenvalue weighted by Gasteiger charge is -2.16. The first-order valence-electron chi connectivity index (χ1n) is 8.56. The molecule has 3 aromatic rings. The molecular weight excluding hydrogens is 355 g/mol. The van der Waals surface area contributed by atoms with Gasteiger partial charge in [0.1, 0.15) is 5.31 Å². The first-order chi connectivity index (χ1) is 13.2. The Morgan fingerprint density at radius 1 is 0.778 bits per heavy atom. The molecule has 0 saturated carbocycles. The molecular formula is C23H21O3P. The van der Waals surface area contributed by atoms with E-state index >= 15 is 0 Å². The third kappa shape index (κ3) is 4.54. The summed E-state index contributed by atoms with van der Waals surface area (Å²) in [6, 6.07) is 27.6. The first-order valence-corrected chi connectivity index (χ1v) is 10.1. The van der Waals surface area contributed by atoms with Gasteiger partial charge in [0.25, 0.3) is 0 Å². The summed E-state index contributed by atoms with van der Waals surface area (Å²) < 4.78 is 23.5. The maximum Gasteiger partial charge on any atom is 0.369 e. The molecule has 0 aromatic heterocycles. The number of hydrogen-bond donors (Lipinski definition) is 0. The third-order valence-corrected chi connectivity index (χ3v) is 6.09. The minimum Gasteiger partial charge on any atom is -0.308 e. The van der Waals surface area contributed by atoms with Crippen LogP contribution in [0.4, 0.5) is 0 Å². The second-order valence-corrected chi connectivity index (χ2v) is 8.03. The van der Waals surface area contributed by atoms with Crippen molar-refractivity contribution in [2.45, 2.75) is 0 Å². The van der Waals surface area contributed by atoms with Crippen LogP contribution in [0.1, 0.15) is 11.1 Å². The lowest BCUT2D eigenvalue weighted by atomic mass is 10.0. The van der Waals surface area contributed by atoms with Crippen LogP contribution in [0.2, 0.25) is 0 Å². The molecule has 0 unspecified atom stereocenters. The standard InChI is InChI=1S/C23H21O3P/c1-25-27(24,26-2)23(18-13-19-9-5-3-6-10-19)22-16-14-21(15-17-22)20-11-7-4-8-12-20/h3-17H,1-2H3. The van der Waals surface area contributed by atoms with E-state index in [4.69, 9.17) is 9.05 Å². The predicted molar refractivity (Wildman–Crippen MR) is 111 cm³/mol. The number of rotatable bonds is 6. The molecule has 0 N–H and O–H groups in total. The van der Waals surface area contributed by atoms with E-state index in [1.807, 2.05) is 72.8 Å². The van der Waals surface area contributed by atoms with E-state index in [-0.39, 0.29) is 0 Å². The van der Waals surface area contributed by atoms with Gasteiger partial charge in [0, 0.05) is 14.2 Å². The minimum atomic E-state index is -3.46. The maximum atomic E-state index is 13.1. The summed E-state index contributed by atoms with van der Waals surface area (Å²) in [5.74, 6) is 0. The van der Waals surface area contributed by atoms with Gasteiger partial charge in [0.2, 0.25) is 0 Å². The van der Waals surface area contributed by atoms with Gasteiger partial charge in [-0.1, -0.05) is 84.9 Å². The van der Waals surface area contributed by atoms with Crippen molar-refractivity contribution in [1.82, 2.24) is 0 Å². The lowest BCUT2D eigenvalue weighted by Crippen LogP contribution is -1.93. The second-order valence-electron chi connectivity index (χ2n) is 5.85. The molecule has 0 aliphatic carbocycles. The Hall–Kier alpha value is -2.67. The zero-order chi connectivity index (χ0) is 19.1. The number of benzene rings is 3. The minimum absolute atomic E-state index is 0.399. The van der Waals surface area contributed by atoms with Gasteiger partial charge < -0.3 is 9.05 Å². The maximum absolute atomic E-state index is 13.1. The van der Waals surface area contributed by atoms with E-state index in [0.717, 1.165) is 22.3 Å². The molecule has 0 saturated heterocycles. The lowest BCUT2D eigenvalue weighted by molar-refractivity contribution is 0.288. The molecule has 0 radical (unpaired) electrons. The van der Waals surface area contributed by atoms with Crippen molar-refractivity contribution in [3.05, 3.63) is 102 Å². The van der Waals surface area contributed by atoms with Gasteiger partial charge in [-0.05, 0) is 28.3 Å². The molecule has 0 spiro atoms. The van der Waals surface area contributed by atoms with E-state index in [2.05, 4.69) is 17.9 Å². The summed E-state index contributed by atoms with van der Waals surface area (Å²) in [4.78, 5) is 0. The van der Waals surface area contributed by atoms with Crippen molar-refractivity contribution >= 4 is 19.0 Å². The van der Waals surface area contributed by atoms with E-state index in [1.54, 1.807) is 6.08 Å². The van der Waals surface area contributed by atoms with Crippen molar-refractivity contribution in [2.75, 3.05) is 14.2 Å². The Balaban J connectivity index is 2.06. The molecule has 3 nitrogen and oxygen atoms in total. The molecule has 0 amide bonds. The smallest absolute Gasteiger partial charge is 0.308 e. The Morgan fingerprint density at radius 3 is 1.85 bits per heavy atom. The second kappa shape index (κ2) is 8.81. The Bertz CT molecular complexity index is 979. The molecule has 0 heterocycles. The average molecular weight is 376 g/mol. The van der Waals surface area contributed by atoms with Gasteiger partial charge in [-0.25, -0.2) is 0 Å². The SMILES string of the molecule is COP(=O)(OC)C(=C=Cc1ccccc1)c1ccc(-c2ccccc2)cc1. The van der Waals surface area contributed by atoms with Crippen LogP contribution in [0.3, 0.4) is 0 Å². The van der Waals surface area contributed by atoms with Crippen molar-refractivity contribution < 1.29 is 13.6 Å². The average Bonchev–Trinajstić information content (AvgIpc) is 2.75. The summed E-state index contributed by atoms with van der Waals surface area (Å²) >= 11 is 0. The van der Waals surface area contributed by atoms with Crippen LogP contribution in [0.15, 0.2) is 90.7 Å². The number of hydrogen-bond acceptors (Lipinski definition) is 3. The van der Waals surface area contributed by atoms with E-state index in [1.165, 1.54) is 14.2 Å². The quantitative estimate of drug-likeness (QED) is 0.364. The van der Waals surface area contributed by atoms with Crippen LogP contribution < -0.4 is 0 Å². The van der Waals surface area contributed by atoms with Crippen LogP contribution in [-0.4, -0.2) is 14.2 Å². The van der Waals surface area contributed by atoms with Crippen LogP contribution in [-0.2, 0) is 13.6 Å². The fraction of sp³-hybridized carbons (Fsp3) is 0.0870. The summed E-state index contributed by atoms with van der Waals surface area (Å²) in [6.07, 6.45) is 1.78. The highest BCUT2D eigenvalue weighted by molar-refractivity contribution is 7.65. The van der Waals surface area contributed by atoms with Crippen LogP contribution >= 0.6 is 7.60 Å². The zero-order valence-corrected chi connectivity index (χ0v) is 16.2. The van der Waals surface area contributed by atoms with Crippen LogP contribution in [0, 0.1) is 0 Å². The summed E-state index contributed by atoms with van der Waals surface area (Å²) in [7, 11) is -0.699. The van der Waals surface area contributed by atoms with E-state index in [9.17, 15) is 4.57 Å². The Morgan fingerprint density at radius 2 is 1.30 bits per heavy atom. The van der Waals surface area contributed by atoms with Gasteiger partial charge >= 0.3 is 7.60 Å². The van der Waals surface area contributed by atoms with Crippen molar-refractivity contribution in [1.29, 1.82) is 0 Å². The molecule has 27 heavy (non-hydrogen) atoms. The van der Waals surface area contributed by atoms with Gasteiger partial charge in [0.15, 0.2) is 0 Å². The highest BCUT2D eigenvalue weighted by Crippen LogP contribution is 2.59. The monoisotopic (exact) mass is 376 g/mol. The molecule has 0 bridgehead atoms. The van der Waals surface area contributed by atoms with Gasteiger partial charge in [0.05, 0.1) is 0 Å². The molecule has 4 heteroatoms. The highest BCUT2D eigenvalue weighted by atomic mass is 31.2. The zero-order valence-electron chi connectivity index (χ0n) is 15.3. The molecule has 0 atom stereocenters.